The fraction of sp³-hybridized carbons (Fsp3) is 0.455. The molecule has 0 radical (unpaired) electrons. The van der Waals surface area contributed by atoms with Gasteiger partial charge in [-0.25, -0.2) is 0 Å². The Kier molecular flexibility index (Phi) is 7.66. The average molecular weight is 416 g/mol. The van der Waals surface area contributed by atoms with Gasteiger partial charge in [0.15, 0.2) is 6.61 Å². The van der Waals surface area contributed by atoms with Crippen LogP contribution >= 0.6 is 11.3 Å². The van der Waals surface area contributed by atoms with Crippen LogP contribution in [0.5, 0.6) is 5.75 Å². The Balaban J connectivity index is 1.48. The zero-order valence-electron chi connectivity index (χ0n) is 17.0. The summed E-state index contributed by atoms with van der Waals surface area (Å²) in [5.41, 5.74) is 0. The predicted molar refractivity (Wildman–Crippen MR) is 115 cm³/mol. The lowest BCUT2D eigenvalue weighted by molar-refractivity contribution is -0.139. The first-order valence-corrected chi connectivity index (χ1v) is 10.9. The van der Waals surface area contributed by atoms with Gasteiger partial charge in [-0.05, 0) is 29.5 Å². The van der Waals surface area contributed by atoms with Gasteiger partial charge in [0.2, 0.25) is 5.91 Å². The molecule has 0 aliphatic carbocycles. The predicted octanol–water partition coefficient (Wildman–Crippen LogP) is 2.61. The van der Waals surface area contributed by atoms with Gasteiger partial charge in [0.1, 0.15) is 11.8 Å². The summed E-state index contributed by atoms with van der Waals surface area (Å²) in [6, 6.07) is 12.9. The lowest BCUT2D eigenvalue weighted by Crippen LogP contribution is -2.56. The van der Waals surface area contributed by atoms with Gasteiger partial charge in [0.25, 0.3) is 5.91 Å². The van der Waals surface area contributed by atoms with Gasteiger partial charge in [0, 0.05) is 37.6 Å². The Bertz CT molecular complexity index is 772. The molecular formula is C22H29N3O3S. The van der Waals surface area contributed by atoms with E-state index in [1.807, 2.05) is 36.9 Å². The third-order valence-electron chi connectivity index (χ3n) is 5.01. The summed E-state index contributed by atoms with van der Waals surface area (Å²) < 4.78 is 5.49. The van der Waals surface area contributed by atoms with Crippen molar-refractivity contribution in [2.75, 3.05) is 32.8 Å². The van der Waals surface area contributed by atoms with Crippen molar-refractivity contribution < 1.29 is 14.3 Å². The number of piperazine rings is 1. The largest absolute Gasteiger partial charge is 0.484 e. The molecule has 3 rings (SSSR count). The average Bonchev–Trinajstić information content (AvgIpc) is 3.24. The molecule has 29 heavy (non-hydrogen) atoms. The van der Waals surface area contributed by atoms with E-state index in [9.17, 15) is 9.59 Å². The number of hydrogen-bond acceptors (Lipinski definition) is 5. The van der Waals surface area contributed by atoms with Gasteiger partial charge in [0.05, 0.1) is 0 Å². The number of amides is 2. The second-order valence-electron chi connectivity index (χ2n) is 7.57. The Morgan fingerprint density at radius 2 is 1.79 bits per heavy atom. The summed E-state index contributed by atoms with van der Waals surface area (Å²) in [5, 5.41) is 4.95. The van der Waals surface area contributed by atoms with Crippen LogP contribution in [-0.4, -0.2) is 60.4 Å². The molecule has 1 saturated heterocycles. The van der Waals surface area contributed by atoms with Crippen molar-refractivity contribution in [2.24, 2.45) is 5.92 Å². The first kappa shape index (κ1) is 21.3. The van der Waals surface area contributed by atoms with Crippen molar-refractivity contribution in [3.05, 3.63) is 52.7 Å². The van der Waals surface area contributed by atoms with Gasteiger partial charge in [-0.15, -0.1) is 11.3 Å². The van der Waals surface area contributed by atoms with Gasteiger partial charge in [-0.2, -0.15) is 0 Å². The standard InChI is InChI=1S/C22H29N3O3S/c1-17(2)21(23-20(26)16-28-18-7-4-3-5-8-18)22(27)25-12-10-24(11-13-25)15-19-9-6-14-29-19/h3-9,14,17,21H,10-13,15-16H2,1-2H3,(H,23,26)/t21-/m1/s1. The van der Waals surface area contributed by atoms with Gasteiger partial charge < -0.3 is 15.0 Å². The second kappa shape index (κ2) is 10.4. The van der Waals surface area contributed by atoms with Crippen LogP contribution < -0.4 is 10.1 Å². The highest BCUT2D eigenvalue weighted by atomic mass is 32.1. The summed E-state index contributed by atoms with van der Waals surface area (Å²) in [4.78, 5) is 30.9. The van der Waals surface area contributed by atoms with Crippen LogP contribution in [0.15, 0.2) is 47.8 Å². The van der Waals surface area contributed by atoms with E-state index < -0.39 is 6.04 Å². The quantitative estimate of drug-likeness (QED) is 0.720. The van der Waals surface area contributed by atoms with Crippen LogP contribution in [-0.2, 0) is 16.1 Å². The smallest absolute Gasteiger partial charge is 0.258 e. The monoisotopic (exact) mass is 415 g/mol. The van der Waals surface area contributed by atoms with Crippen molar-refractivity contribution in [3.8, 4) is 5.75 Å². The van der Waals surface area contributed by atoms with Crippen LogP contribution in [0.3, 0.4) is 0 Å². The molecule has 1 aliphatic heterocycles. The zero-order valence-corrected chi connectivity index (χ0v) is 17.9. The number of nitrogens with one attached hydrogen (secondary N) is 1. The van der Waals surface area contributed by atoms with Crippen LogP contribution in [0, 0.1) is 5.92 Å². The Hall–Kier alpha value is -2.38. The molecule has 7 heteroatoms. The van der Waals surface area contributed by atoms with Crippen LogP contribution in [0.1, 0.15) is 18.7 Å². The molecule has 1 aromatic carbocycles. The SMILES string of the molecule is CC(C)[C@@H](NC(=O)COc1ccccc1)C(=O)N1CCN(Cc2cccs2)CC1. The number of carbonyl (C=O) groups is 2. The molecule has 1 N–H and O–H groups in total. The Morgan fingerprint density at radius 1 is 1.07 bits per heavy atom. The Labute approximate surface area is 176 Å². The molecule has 1 fully saturated rings. The van der Waals surface area contributed by atoms with E-state index in [1.165, 1.54) is 4.88 Å². The number of ether oxygens (including phenoxy) is 1. The molecule has 0 saturated carbocycles. The first-order valence-electron chi connectivity index (χ1n) is 10.0. The third-order valence-corrected chi connectivity index (χ3v) is 5.87. The molecule has 0 bridgehead atoms. The van der Waals surface area contributed by atoms with Crippen molar-refractivity contribution in [1.82, 2.24) is 15.1 Å². The topological polar surface area (TPSA) is 61.9 Å². The molecule has 6 nitrogen and oxygen atoms in total. The lowest BCUT2D eigenvalue weighted by atomic mass is 10.0. The molecule has 156 valence electrons. The van der Waals surface area contributed by atoms with E-state index in [0.717, 1.165) is 19.6 Å². The highest BCUT2D eigenvalue weighted by Gasteiger charge is 2.30. The van der Waals surface area contributed by atoms with Crippen molar-refractivity contribution in [2.45, 2.75) is 26.4 Å². The number of benzene rings is 1. The maximum Gasteiger partial charge on any atom is 0.258 e. The molecule has 1 atom stereocenters. The van der Waals surface area contributed by atoms with Crippen molar-refractivity contribution >= 4 is 23.2 Å². The molecular weight excluding hydrogens is 386 g/mol. The number of hydrogen-bond donors (Lipinski definition) is 1. The summed E-state index contributed by atoms with van der Waals surface area (Å²) in [7, 11) is 0. The van der Waals surface area contributed by atoms with E-state index in [4.69, 9.17) is 4.74 Å². The maximum absolute atomic E-state index is 13.0. The number of rotatable bonds is 8. The fourth-order valence-electron chi connectivity index (χ4n) is 3.34. The zero-order chi connectivity index (χ0) is 20.6. The normalized spacial score (nSPS) is 15.9. The summed E-state index contributed by atoms with van der Waals surface area (Å²) in [6.07, 6.45) is 0. The highest BCUT2D eigenvalue weighted by molar-refractivity contribution is 7.09. The first-order chi connectivity index (χ1) is 14.0. The van der Waals surface area contributed by atoms with Gasteiger partial charge in [-0.3, -0.25) is 14.5 Å². The van der Waals surface area contributed by atoms with E-state index >= 15 is 0 Å². The minimum absolute atomic E-state index is 0.00678. The molecule has 1 aromatic heterocycles. The highest BCUT2D eigenvalue weighted by Crippen LogP contribution is 2.15. The third kappa shape index (κ3) is 6.30. The molecule has 0 spiro atoms. The van der Waals surface area contributed by atoms with Crippen molar-refractivity contribution in [3.63, 3.8) is 0 Å². The fourth-order valence-corrected chi connectivity index (χ4v) is 4.09. The second-order valence-corrected chi connectivity index (χ2v) is 8.60. The molecule has 2 aromatic rings. The summed E-state index contributed by atoms with van der Waals surface area (Å²) in [5.74, 6) is 0.352. The van der Waals surface area contributed by atoms with Gasteiger partial charge in [-0.1, -0.05) is 38.1 Å². The minimum Gasteiger partial charge on any atom is -0.484 e. The molecule has 2 amide bonds. The van der Waals surface area contributed by atoms with E-state index in [-0.39, 0.29) is 24.3 Å². The van der Waals surface area contributed by atoms with E-state index in [1.54, 1.807) is 23.5 Å². The number of para-hydroxylation sites is 1. The number of carbonyl (C=O) groups excluding carboxylic acids is 2. The van der Waals surface area contributed by atoms with Crippen molar-refractivity contribution in [1.29, 1.82) is 0 Å². The summed E-state index contributed by atoms with van der Waals surface area (Å²) >= 11 is 1.76. The minimum atomic E-state index is -0.536. The molecule has 2 heterocycles. The van der Waals surface area contributed by atoms with Crippen LogP contribution in [0.25, 0.3) is 0 Å². The number of thiophene rings is 1. The van der Waals surface area contributed by atoms with Crippen LogP contribution in [0.2, 0.25) is 0 Å². The summed E-state index contributed by atoms with van der Waals surface area (Å²) in [6.45, 7) is 7.80. The lowest BCUT2D eigenvalue weighted by Gasteiger charge is -2.37. The van der Waals surface area contributed by atoms with Crippen LogP contribution in [0.4, 0.5) is 0 Å². The maximum atomic E-state index is 13.0. The molecule has 0 unspecified atom stereocenters. The van der Waals surface area contributed by atoms with Gasteiger partial charge >= 0.3 is 0 Å². The Morgan fingerprint density at radius 3 is 2.41 bits per heavy atom. The number of nitrogens with zero attached hydrogens (tertiary/aromatic N) is 2. The van der Waals surface area contributed by atoms with E-state index in [0.29, 0.717) is 18.8 Å². The van der Waals surface area contributed by atoms with E-state index in [2.05, 4.69) is 27.7 Å². The molecule has 1 aliphatic rings.